The van der Waals surface area contributed by atoms with E-state index < -0.39 is 0 Å². The van der Waals surface area contributed by atoms with Crippen LogP contribution in [0.5, 0.6) is 0 Å². The number of carbonyl (C=O) groups excluding carboxylic acids is 1. The molecule has 0 aliphatic rings. The summed E-state index contributed by atoms with van der Waals surface area (Å²) in [5, 5.41) is 2.84. The van der Waals surface area contributed by atoms with Crippen molar-refractivity contribution in [2.45, 2.75) is 20.4 Å². The third-order valence-electron chi connectivity index (χ3n) is 3.03. The van der Waals surface area contributed by atoms with Crippen molar-refractivity contribution >= 4 is 11.6 Å². The number of rotatable bonds is 4. The smallest absolute Gasteiger partial charge is 0.251 e. The van der Waals surface area contributed by atoms with E-state index in [1.807, 2.05) is 44.1 Å². The van der Waals surface area contributed by atoms with Gasteiger partial charge in [0.2, 0.25) is 0 Å². The minimum atomic E-state index is -0.123. The van der Waals surface area contributed by atoms with E-state index in [-0.39, 0.29) is 5.91 Å². The maximum Gasteiger partial charge on any atom is 0.251 e. The van der Waals surface area contributed by atoms with Crippen LogP contribution < -0.4 is 10.2 Å². The summed E-state index contributed by atoms with van der Waals surface area (Å²) in [4.78, 5) is 18.3. The molecule has 0 fully saturated rings. The number of hydrogen-bond acceptors (Lipinski definition) is 4. The monoisotopic (exact) mass is 273 g/mol. The number of nitrogens with one attached hydrogen (secondary N) is 1. The Labute approximate surface area is 118 Å². The minimum Gasteiger partial charge on any atom is -0.444 e. The number of amides is 1. The van der Waals surface area contributed by atoms with Crippen molar-refractivity contribution in [2.75, 3.05) is 19.0 Å². The fraction of sp³-hybridized carbons (Fsp3) is 0.333. The number of nitrogens with zero attached hydrogens (tertiary/aromatic N) is 2. The summed E-state index contributed by atoms with van der Waals surface area (Å²) < 4.78 is 5.43. The highest BCUT2D eigenvalue weighted by Gasteiger charge is 2.10. The van der Waals surface area contributed by atoms with Crippen LogP contribution in [0.1, 0.15) is 27.7 Å². The molecule has 0 bridgehead atoms. The first-order valence-corrected chi connectivity index (χ1v) is 6.46. The Bertz CT molecular complexity index is 617. The van der Waals surface area contributed by atoms with Gasteiger partial charge in [0, 0.05) is 32.3 Å². The molecule has 0 saturated carbocycles. The number of aryl methyl sites for hydroxylation is 2. The zero-order chi connectivity index (χ0) is 14.7. The summed E-state index contributed by atoms with van der Waals surface area (Å²) in [7, 11) is 3.88. The first-order valence-electron chi connectivity index (χ1n) is 6.46. The molecule has 2 aromatic rings. The van der Waals surface area contributed by atoms with Gasteiger partial charge in [0.15, 0.2) is 5.89 Å². The van der Waals surface area contributed by atoms with Gasteiger partial charge in [-0.05, 0) is 25.1 Å². The predicted octanol–water partition coefficient (Wildman–Crippen LogP) is 2.29. The SMILES string of the molecule is Cc1nc(C)c(CNC(=O)c2cccc(N(C)C)c2)o1. The molecule has 1 N–H and O–H groups in total. The highest BCUT2D eigenvalue weighted by Crippen LogP contribution is 2.14. The second-order valence-electron chi connectivity index (χ2n) is 4.87. The van der Waals surface area contributed by atoms with Crippen LogP contribution in [0.2, 0.25) is 0 Å². The Morgan fingerprint density at radius 1 is 1.35 bits per heavy atom. The van der Waals surface area contributed by atoms with Gasteiger partial charge < -0.3 is 14.6 Å². The first-order chi connectivity index (χ1) is 9.47. The second kappa shape index (κ2) is 5.77. The van der Waals surface area contributed by atoms with Crippen LogP contribution in [-0.4, -0.2) is 25.0 Å². The van der Waals surface area contributed by atoms with Gasteiger partial charge in [-0.3, -0.25) is 4.79 Å². The molecule has 0 aliphatic heterocycles. The van der Waals surface area contributed by atoms with Gasteiger partial charge in [-0.15, -0.1) is 0 Å². The number of aromatic nitrogens is 1. The molecule has 0 radical (unpaired) electrons. The van der Waals surface area contributed by atoms with E-state index in [0.29, 0.717) is 23.8 Å². The molecule has 0 spiro atoms. The molecule has 20 heavy (non-hydrogen) atoms. The van der Waals surface area contributed by atoms with Crippen molar-refractivity contribution < 1.29 is 9.21 Å². The quantitative estimate of drug-likeness (QED) is 0.928. The zero-order valence-corrected chi connectivity index (χ0v) is 12.2. The van der Waals surface area contributed by atoms with Gasteiger partial charge in [-0.2, -0.15) is 0 Å². The molecule has 0 aliphatic carbocycles. The van der Waals surface area contributed by atoms with E-state index in [2.05, 4.69) is 10.3 Å². The predicted molar refractivity (Wildman–Crippen MR) is 77.9 cm³/mol. The van der Waals surface area contributed by atoms with E-state index in [0.717, 1.165) is 11.4 Å². The van der Waals surface area contributed by atoms with Crippen LogP contribution in [0.4, 0.5) is 5.69 Å². The van der Waals surface area contributed by atoms with E-state index in [9.17, 15) is 4.79 Å². The molecule has 1 aromatic heterocycles. The highest BCUT2D eigenvalue weighted by atomic mass is 16.4. The fourth-order valence-electron chi connectivity index (χ4n) is 1.93. The van der Waals surface area contributed by atoms with Gasteiger partial charge >= 0.3 is 0 Å². The number of hydrogen-bond donors (Lipinski definition) is 1. The first kappa shape index (κ1) is 14.1. The van der Waals surface area contributed by atoms with Gasteiger partial charge in [0.25, 0.3) is 5.91 Å². The molecular formula is C15H19N3O2. The molecule has 5 nitrogen and oxygen atoms in total. The van der Waals surface area contributed by atoms with Crippen molar-refractivity contribution in [1.29, 1.82) is 0 Å². The summed E-state index contributed by atoms with van der Waals surface area (Å²) in [6.45, 7) is 4.00. The van der Waals surface area contributed by atoms with E-state index in [1.54, 1.807) is 13.0 Å². The van der Waals surface area contributed by atoms with Crippen LogP contribution in [0, 0.1) is 13.8 Å². The minimum absolute atomic E-state index is 0.123. The maximum absolute atomic E-state index is 12.1. The molecule has 1 aromatic carbocycles. The van der Waals surface area contributed by atoms with Crippen LogP contribution in [0.15, 0.2) is 28.7 Å². The van der Waals surface area contributed by atoms with Gasteiger partial charge in [0.05, 0.1) is 12.2 Å². The van der Waals surface area contributed by atoms with Gasteiger partial charge in [-0.25, -0.2) is 4.98 Å². The fourth-order valence-corrected chi connectivity index (χ4v) is 1.93. The van der Waals surface area contributed by atoms with Crippen LogP contribution in [0.3, 0.4) is 0 Å². The summed E-state index contributed by atoms with van der Waals surface area (Å²) in [5.41, 5.74) is 2.43. The lowest BCUT2D eigenvalue weighted by Gasteiger charge is -2.13. The Kier molecular flexibility index (Phi) is 4.08. The molecule has 5 heteroatoms. The Balaban J connectivity index is 2.05. The number of oxazole rings is 1. The molecule has 2 rings (SSSR count). The topological polar surface area (TPSA) is 58.4 Å². The molecule has 1 heterocycles. The van der Waals surface area contributed by atoms with Crippen molar-refractivity contribution in [3.8, 4) is 0 Å². The zero-order valence-electron chi connectivity index (χ0n) is 12.2. The van der Waals surface area contributed by atoms with Crippen molar-refractivity contribution in [2.24, 2.45) is 0 Å². The summed E-state index contributed by atoms with van der Waals surface area (Å²) >= 11 is 0. The second-order valence-corrected chi connectivity index (χ2v) is 4.87. The lowest BCUT2D eigenvalue weighted by molar-refractivity contribution is 0.0948. The summed E-state index contributed by atoms with van der Waals surface area (Å²) in [6, 6.07) is 7.48. The van der Waals surface area contributed by atoms with Crippen LogP contribution >= 0.6 is 0 Å². The number of carbonyl (C=O) groups is 1. The molecule has 106 valence electrons. The van der Waals surface area contributed by atoms with Crippen molar-refractivity contribution in [1.82, 2.24) is 10.3 Å². The lowest BCUT2D eigenvalue weighted by atomic mass is 10.2. The largest absolute Gasteiger partial charge is 0.444 e. The number of benzene rings is 1. The van der Waals surface area contributed by atoms with E-state index >= 15 is 0 Å². The summed E-state index contributed by atoms with van der Waals surface area (Å²) in [5.74, 6) is 1.18. The number of anilines is 1. The van der Waals surface area contributed by atoms with Crippen molar-refractivity contribution in [3.63, 3.8) is 0 Å². The van der Waals surface area contributed by atoms with Crippen molar-refractivity contribution in [3.05, 3.63) is 47.2 Å². The van der Waals surface area contributed by atoms with E-state index in [1.165, 1.54) is 0 Å². The highest BCUT2D eigenvalue weighted by molar-refractivity contribution is 5.95. The maximum atomic E-state index is 12.1. The third kappa shape index (κ3) is 3.17. The molecule has 0 unspecified atom stereocenters. The average molecular weight is 273 g/mol. The molecule has 0 atom stereocenters. The average Bonchev–Trinajstić information content (AvgIpc) is 2.74. The van der Waals surface area contributed by atoms with Gasteiger partial charge in [-0.1, -0.05) is 6.07 Å². The van der Waals surface area contributed by atoms with Gasteiger partial charge in [0.1, 0.15) is 5.76 Å². The lowest BCUT2D eigenvalue weighted by Crippen LogP contribution is -2.23. The molecule has 1 amide bonds. The normalized spacial score (nSPS) is 10.4. The van der Waals surface area contributed by atoms with Crippen LogP contribution in [0.25, 0.3) is 0 Å². The third-order valence-corrected chi connectivity index (χ3v) is 3.03. The summed E-state index contributed by atoms with van der Waals surface area (Å²) in [6.07, 6.45) is 0. The Hall–Kier alpha value is -2.30. The standard InChI is InChI=1S/C15H19N3O2/c1-10-14(20-11(2)17-10)9-16-15(19)12-6-5-7-13(8-12)18(3)4/h5-8H,9H2,1-4H3,(H,16,19). The molecular weight excluding hydrogens is 254 g/mol. The van der Waals surface area contributed by atoms with Crippen LogP contribution in [-0.2, 0) is 6.54 Å². The molecule has 0 saturated heterocycles. The Morgan fingerprint density at radius 2 is 2.10 bits per heavy atom. The Morgan fingerprint density at radius 3 is 2.70 bits per heavy atom. The van der Waals surface area contributed by atoms with E-state index in [4.69, 9.17) is 4.42 Å².